The molecule has 1 aromatic rings. The maximum atomic E-state index is 10.8. The van der Waals surface area contributed by atoms with E-state index in [0.717, 1.165) is 5.82 Å². The van der Waals surface area contributed by atoms with Crippen LogP contribution >= 0.6 is 0 Å². The fourth-order valence-electron chi connectivity index (χ4n) is 1.49. The largest absolute Gasteiger partial charge is 0.479 e. The molecule has 0 aliphatic rings. The van der Waals surface area contributed by atoms with Crippen molar-refractivity contribution < 1.29 is 14.6 Å². The van der Waals surface area contributed by atoms with Crippen molar-refractivity contribution in [2.75, 3.05) is 6.61 Å². The molecule has 6 nitrogen and oxygen atoms in total. The summed E-state index contributed by atoms with van der Waals surface area (Å²) in [7, 11) is 0. The van der Waals surface area contributed by atoms with Crippen LogP contribution in [0.4, 0.5) is 0 Å². The molecule has 0 spiro atoms. The predicted molar refractivity (Wildman–Crippen MR) is 57.2 cm³/mol. The third-order valence-electron chi connectivity index (χ3n) is 2.21. The summed E-state index contributed by atoms with van der Waals surface area (Å²) in [5, 5.41) is 13.0. The molecule has 1 N–H and O–H groups in total. The Hall–Kier alpha value is -1.43. The standard InChI is InChI=1S/C10H17N3O3/c1-4-16-9(10(14)15)5-6-13-8(3)11-7(2)12-13/h9H,4-6H2,1-3H3,(H,14,15). The Balaban J connectivity index is 2.55. The second-order valence-electron chi connectivity index (χ2n) is 3.50. The van der Waals surface area contributed by atoms with Crippen LogP contribution in [0.25, 0.3) is 0 Å². The first-order valence-corrected chi connectivity index (χ1v) is 5.27. The first-order chi connectivity index (χ1) is 7.54. The van der Waals surface area contributed by atoms with Gasteiger partial charge in [-0.15, -0.1) is 0 Å². The number of ether oxygens (including phenoxy) is 1. The lowest BCUT2D eigenvalue weighted by molar-refractivity contribution is -0.150. The molecule has 0 radical (unpaired) electrons. The summed E-state index contributed by atoms with van der Waals surface area (Å²) in [5.74, 6) is 0.551. The Bertz CT molecular complexity index is 362. The maximum Gasteiger partial charge on any atom is 0.332 e. The van der Waals surface area contributed by atoms with Crippen LogP contribution in [0.5, 0.6) is 0 Å². The Morgan fingerprint density at radius 1 is 1.56 bits per heavy atom. The lowest BCUT2D eigenvalue weighted by Gasteiger charge is -2.12. The quantitative estimate of drug-likeness (QED) is 0.776. The average molecular weight is 227 g/mol. The van der Waals surface area contributed by atoms with Crippen molar-refractivity contribution in [2.45, 2.75) is 39.8 Å². The van der Waals surface area contributed by atoms with Gasteiger partial charge in [0.1, 0.15) is 11.6 Å². The topological polar surface area (TPSA) is 77.2 Å². The summed E-state index contributed by atoms with van der Waals surface area (Å²) < 4.78 is 6.81. The minimum absolute atomic E-state index is 0.395. The number of aromatic nitrogens is 3. The molecule has 16 heavy (non-hydrogen) atoms. The number of carboxylic acid groups (broad SMARTS) is 1. The number of aryl methyl sites for hydroxylation is 3. The Labute approximate surface area is 94.2 Å². The van der Waals surface area contributed by atoms with Crippen LogP contribution < -0.4 is 0 Å². The number of rotatable bonds is 6. The second kappa shape index (κ2) is 5.60. The van der Waals surface area contributed by atoms with Crippen LogP contribution in [0.3, 0.4) is 0 Å². The number of nitrogens with zero attached hydrogens (tertiary/aromatic N) is 3. The van der Waals surface area contributed by atoms with Crippen molar-refractivity contribution in [3.05, 3.63) is 11.6 Å². The lowest BCUT2D eigenvalue weighted by atomic mass is 10.2. The van der Waals surface area contributed by atoms with Crippen LogP contribution in [0.15, 0.2) is 0 Å². The van der Waals surface area contributed by atoms with E-state index in [1.165, 1.54) is 0 Å². The van der Waals surface area contributed by atoms with Gasteiger partial charge in [-0.25, -0.2) is 9.78 Å². The predicted octanol–water partition coefficient (Wildman–Crippen LogP) is 0.775. The average Bonchev–Trinajstić information content (AvgIpc) is 2.51. The molecule has 0 saturated heterocycles. The van der Waals surface area contributed by atoms with Crippen LogP contribution in [-0.2, 0) is 16.1 Å². The Kier molecular flexibility index (Phi) is 4.42. The highest BCUT2D eigenvalue weighted by molar-refractivity contribution is 5.72. The van der Waals surface area contributed by atoms with Gasteiger partial charge in [0.2, 0.25) is 0 Å². The summed E-state index contributed by atoms with van der Waals surface area (Å²) in [4.78, 5) is 15.0. The second-order valence-corrected chi connectivity index (χ2v) is 3.50. The number of aliphatic carboxylic acids is 1. The number of carbonyl (C=O) groups is 1. The first-order valence-electron chi connectivity index (χ1n) is 5.27. The van der Waals surface area contributed by atoms with Gasteiger partial charge in [-0.05, 0) is 20.8 Å². The summed E-state index contributed by atoms with van der Waals surface area (Å²) >= 11 is 0. The van der Waals surface area contributed by atoms with Crippen molar-refractivity contribution in [1.82, 2.24) is 14.8 Å². The van der Waals surface area contributed by atoms with Crippen LogP contribution in [-0.4, -0.2) is 38.6 Å². The third kappa shape index (κ3) is 3.30. The summed E-state index contributed by atoms with van der Waals surface area (Å²) in [6.45, 7) is 6.33. The van der Waals surface area contributed by atoms with Crippen LogP contribution in [0.2, 0.25) is 0 Å². The monoisotopic (exact) mass is 227 g/mol. The highest BCUT2D eigenvalue weighted by Gasteiger charge is 2.17. The van der Waals surface area contributed by atoms with Gasteiger partial charge in [0, 0.05) is 19.6 Å². The van der Waals surface area contributed by atoms with E-state index in [4.69, 9.17) is 9.84 Å². The fourth-order valence-corrected chi connectivity index (χ4v) is 1.49. The molecule has 0 fully saturated rings. The van der Waals surface area contributed by atoms with Gasteiger partial charge in [-0.2, -0.15) is 5.10 Å². The zero-order chi connectivity index (χ0) is 12.1. The van der Waals surface area contributed by atoms with Crippen LogP contribution in [0.1, 0.15) is 25.0 Å². The van der Waals surface area contributed by atoms with E-state index in [-0.39, 0.29) is 0 Å². The first kappa shape index (κ1) is 12.6. The van der Waals surface area contributed by atoms with Gasteiger partial charge >= 0.3 is 5.97 Å². The van der Waals surface area contributed by atoms with Crippen molar-refractivity contribution in [2.24, 2.45) is 0 Å². The maximum absolute atomic E-state index is 10.8. The zero-order valence-electron chi connectivity index (χ0n) is 9.80. The van der Waals surface area contributed by atoms with Crippen molar-refractivity contribution >= 4 is 5.97 Å². The summed E-state index contributed by atoms with van der Waals surface area (Å²) in [5.41, 5.74) is 0. The minimum Gasteiger partial charge on any atom is -0.479 e. The molecule has 1 atom stereocenters. The van der Waals surface area contributed by atoms with E-state index in [0.29, 0.717) is 25.4 Å². The van der Waals surface area contributed by atoms with Gasteiger partial charge in [0.05, 0.1) is 0 Å². The molecule has 0 saturated carbocycles. The molecule has 0 aliphatic heterocycles. The molecule has 1 rings (SSSR count). The van der Waals surface area contributed by atoms with Gasteiger partial charge < -0.3 is 9.84 Å². The molecule has 6 heteroatoms. The molecule has 1 unspecified atom stereocenters. The smallest absolute Gasteiger partial charge is 0.332 e. The van der Waals surface area contributed by atoms with E-state index in [2.05, 4.69) is 10.1 Å². The van der Waals surface area contributed by atoms with E-state index < -0.39 is 12.1 Å². The van der Waals surface area contributed by atoms with Crippen molar-refractivity contribution in [3.63, 3.8) is 0 Å². The van der Waals surface area contributed by atoms with Gasteiger partial charge in [0.15, 0.2) is 6.10 Å². The van der Waals surface area contributed by atoms with Crippen molar-refractivity contribution in [3.8, 4) is 0 Å². The van der Waals surface area contributed by atoms with Gasteiger partial charge in [-0.1, -0.05) is 0 Å². The highest BCUT2D eigenvalue weighted by Crippen LogP contribution is 2.04. The summed E-state index contributed by atoms with van der Waals surface area (Å²) in [6, 6.07) is 0. The molecule has 0 bridgehead atoms. The van der Waals surface area contributed by atoms with E-state index in [9.17, 15) is 4.79 Å². The number of hydrogen-bond donors (Lipinski definition) is 1. The molecule has 90 valence electrons. The van der Waals surface area contributed by atoms with E-state index >= 15 is 0 Å². The fraction of sp³-hybridized carbons (Fsp3) is 0.700. The molecule has 0 aromatic carbocycles. The van der Waals surface area contributed by atoms with Crippen molar-refractivity contribution in [1.29, 1.82) is 0 Å². The molecule has 0 aliphatic carbocycles. The third-order valence-corrected chi connectivity index (χ3v) is 2.21. The minimum atomic E-state index is -0.934. The van der Waals surface area contributed by atoms with Gasteiger partial charge in [-0.3, -0.25) is 4.68 Å². The van der Waals surface area contributed by atoms with Crippen LogP contribution in [0, 0.1) is 13.8 Å². The number of hydrogen-bond acceptors (Lipinski definition) is 4. The highest BCUT2D eigenvalue weighted by atomic mass is 16.5. The Morgan fingerprint density at radius 3 is 2.69 bits per heavy atom. The normalized spacial score (nSPS) is 12.7. The molecule has 0 amide bonds. The Morgan fingerprint density at radius 2 is 2.25 bits per heavy atom. The lowest BCUT2D eigenvalue weighted by Crippen LogP contribution is -2.26. The zero-order valence-corrected chi connectivity index (χ0v) is 9.80. The van der Waals surface area contributed by atoms with Gasteiger partial charge in [0.25, 0.3) is 0 Å². The molecular formula is C10H17N3O3. The molecule has 1 heterocycles. The molecule has 1 aromatic heterocycles. The van der Waals surface area contributed by atoms with E-state index in [1.54, 1.807) is 18.5 Å². The molecular weight excluding hydrogens is 210 g/mol. The SMILES string of the molecule is CCOC(CCn1nc(C)nc1C)C(=O)O. The summed E-state index contributed by atoms with van der Waals surface area (Å²) in [6.07, 6.45) is -0.374. The number of carboxylic acids is 1. The van der Waals surface area contributed by atoms with E-state index in [1.807, 2.05) is 6.92 Å².